The second-order valence-corrected chi connectivity index (χ2v) is 9.06. The molecule has 3 rings (SSSR count). The van der Waals surface area contributed by atoms with Crippen molar-refractivity contribution in [2.45, 2.75) is 62.9 Å². The van der Waals surface area contributed by atoms with Crippen LogP contribution in [-0.4, -0.2) is 33.6 Å². The van der Waals surface area contributed by atoms with E-state index in [1.165, 1.54) is 25.3 Å². The zero-order valence-corrected chi connectivity index (χ0v) is 16.1. The number of nitrogens with one attached hydrogen (secondary N) is 2. The molecule has 2 aliphatic rings. The number of benzene rings is 1. The lowest BCUT2D eigenvalue weighted by atomic mass is 9.88. The standard InChI is InChI=1S/C19H28N2O4S/c1-14-5-2-3-7-18(14)25-12-11-20-26(23,24)16-9-10-17-15(13-16)6-4-8-19(22)21-17/h9-10,13-14,18,20H,2-8,11-12H2,1H3,(H,21,22)/t14-,18+/m0/s1. The van der Waals surface area contributed by atoms with Crippen LogP contribution in [0.15, 0.2) is 23.1 Å². The van der Waals surface area contributed by atoms with Gasteiger partial charge in [-0.3, -0.25) is 4.79 Å². The smallest absolute Gasteiger partial charge is 0.240 e. The molecule has 6 nitrogen and oxygen atoms in total. The van der Waals surface area contributed by atoms with E-state index in [4.69, 9.17) is 4.74 Å². The molecule has 144 valence electrons. The third kappa shape index (κ3) is 4.84. The lowest BCUT2D eigenvalue weighted by Gasteiger charge is -2.28. The Bertz CT molecular complexity index is 748. The molecular formula is C19H28N2O4S. The molecule has 0 aromatic heterocycles. The largest absolute Gasteiger partial charge is 0.377 e. The number of amides is 1. The van der Waals surface area contributed by atoms with Crippen LogP contribution >= 0.6 is 0 Å². The summed E-state index contributed by atoms with van der Waals surface area (Å²) in [4.78, 5) is 11.8. The van der Waals surface area contributed by atoms with Crippen LogP contribution in [0.3, 0.4) is 0 Å². The highest BCUT2D eigenvalue weighted by Crippen LogP contribution is 2.26. The summed E-state index contributed by atoms with van der Waals surface area (Å²) in [5, 5.41) is 2.82. The van der Waals surface area contributed by atoms with Gasteiger partial charge in [0.2, 0.25) is 15.9 Å². The minimum absolute atomic E-state index is 0.0217. The van der Waals surface area contributed by atoms with Gasteiger partial charge in [0.05, 0.1) is 17.6 Å². The van der Waals surface area contributed by atoms with Crippen molar-refractivity contribution < 1.29 is 17.9 Å². The van der Waals surface area contributed by atoms with E-state index in [0.29, 0.717) is 31.1 Å². The first kappa shape index (κ1) is 19.3. The highest BCUT2D eigenvalue weighted by Gasteiger charge is 2.22. The van der Waals surface area contributed by atoms with Crippen LogP contribution in [0.4, 0.5) is 5.69 Å². The fourth-order valence-corrected chi connectivity index (χ4v) is 4.78. The van der Waals surface area contributed by atoms with Crippen molar-refractivity contribution in [1.29, 1.82) is 0 Å². The van der Waals surface area contributed by atoms with E-state index in [1.807, 2.05) is 0 Å². The van der Waals surface area contributed by atoms with E-state index >= 15 is 0 Å². The number of aryl methyl sites for hydroxylation is 1. The fraction of sp³-hybridized carbons (Fsp3) is 0.632. The van der Waals surface area contributed by atoms with Gasteiger partial charge in [-0.1, -0.05) is 19.8 Å². The average molecular weight is 381 g/mol. The van der Waals surface area contributed by atoms with Gasteiger partial charge in [0, 0.05) is 18.7 Å². The van der Waals surface area contributed by atoms with E-state index < -0.39 is 10.0 Å². The molecule has 0 radical (unpaired) electrons. The van der Waals surface area contributed by atoms with Gasteiger partial charge in [-0.25, -0.2) is 13.1 Å². The van der Waals surface area contributed by atoms with Gasteiger partial charge < -0.3 is 10.1 Å². The minimum atomic E-state index is -3.58. The Balaban J connectivity index is 1.56. The Morgan fingerprint density at radius 3 is 2.81 bits per heavy atom. The minimum Gasteiger partial charge on any atom is -0.377 e. The van der Waals surface area contributed by atoms with Crippen LogP contribution in [0.2, 0.25) is 0 Å². The summed E-state index contributed by atoms with van der Waals surface area (Å²) in [6.07, 6.45) is 6.81. The Morgan fingerprint density at radius 1 is 1.19 bits per heavy atom. The molecule has 2 N–H and O–H groups in total. The highest BCUT2D eigenvalue weighted by atomic mass is 32.2. The Kier molecular flexibility index (Phi) is 6.32. The number of anilines is 1. The van der Waals surface area contributed by atoms with Gasteiger partial charge in [-0.05, 0) is 55.4 Å². The zero-order valence-electron chi connectivity index (χ0n) is 15.3. The molecular weight excluding hydrogens is 352 g/mol. The van der Waals surface area contributed by atoms with E-state index in [0.717, 1.165) is 18.4 Å². The molecule has 1 aromatic carbocycles. The van der Waals surface area contributed by atoms with E-state index in [-0.39, 0.29) is 23.5 Å². The van der Waals surface area contributed by atoms with Crippen molar-refractivity contribution in [3.8, 4) is 0 Å². The lowest BCUT2D eigenvalue weighted by Crippen LogP contribution is -2.31. The van der Waals surface area contributed by atoms with Crippen LogP contribution in [0.5, 0.6) is 0 Å². The van der Waals surface area contributed by atoms with Gasteiger partial charge in [-0.2, -0.15) is 0 Å². The van der Waals surface area contributed by atoms with Crippen molar-refractivity contribution >= 4 is 21.6 Å². The second-order valence-electron chi connectivity index (χ2n) is 7.29. The molecule has 0 bridgehead atoms. The normalized spacial score (nSPS) is 23.8. The molecule has 1 amide bonds. The summed E-state index contributed by atoms with van der Waals surface area (Å²) in [6.45, 7) is 2.84. The number of ether oxygens (including phenoxy) is 1. The number of hydrogen-bond acceptors (Lipinski definition) is 4. The SMILES string of the molecule is C[C@H]1CCCC[C@H]1OCCNS(=O)(=O)c1ccc2c(c1)CCCC(=O)N2. The lowest BCUT2D eigenvalue weighted by molar-refractivity contribution is -0.116. The fourth-order valence-electron chi connectivity index (χ4n) is 3.72. The van der Waals surface area contributed by atoms with E-state index in [9.17, 15) is 13.2 Å². The Hall–Kier alpha value is -1.44. The predicted molar refractivity (Wildman–Crippen MR) is 101 cm³/mol. The molecule has 0 spiro atoms. The molecule has 0 unspecified atom stereocenters. The third-order valence-corrected chi connectivity index (χ3v) is 6.73. The van der Waals surface area contributed by atoms with Gasteiger partial charge in [-0.15, -0.1) is 0 Å². The second kappa shape index (κ2) is 8.50. The maximum absolute atomic E-state index is 12.5. The number of fused-ring (bicyclic) bond motifs is 1. The summed E-state index contributed by atoms with van der Waals surface area (Å²) in [6, 6.07) is 4.87. The van der Waals surface area contributed by atoms with E-state index in [2.05, 4.69) is 17.0 Å². The summed E-state index contributed by atoms with van der Waals surface area (Å²) < 4.78 is 33.6. The Labute approximate surface area is 155 Å². The monoisotopic (exact) mass is 380 g/mol. The summed E-state index contributed by atoms with van der Waals surface area (Å²) >= 11 is 0. The highest BCUT2D eigenvalue weighted by molar-refractivity contribution is 7.89. The van der Waals surface area contributed by atoms with Gasteiger partial charge in [0.15, 0.2) is 0 Å². The number of rotatable bonds is 6. The molecule has 1 heterocycles. The predicted octanol–water partition coefficient (Wildman–Crippen LogP) is 2.84. The number of carbonyl (C=O) groups excluding carboxylic acids is 1. The van der Waals surface area contributed by atoms with Crippen LogP contribution in [0.25, 0.3) is 0 Å². The topological polar surface area (TPSA) is 84.5 Å². The van der Waals surface area contributed by atoms with Crippen LogP contribution in [0.1, 0.15) is 51.0 Å². The quantitative estimate of drug-likeness (QED) is 0.743. The number of carbonyl (C=O) groups is 1. The maximum Gasteiger partial charge on any atom is 0.240 e. The van der Waals surface area contributed by atoms with Crippen molar-refractivity contribution in [3.63, 3.8) is 0 Å². The summed E-state index contributed by atoms with van der Waals surface area (Å²) in [5.74, 6) is 0.520. The molecule has 26 heavy (non-hydrogen) atoms. The van der Waals surface area contributed by atoms with Crippen molar-refractivity contribution in [2.24, 2.45) is 5.92 Å². The summed E-state index contributed by atoms with van der Waals surface area (Å²) in [7, 11) is -3.58. The van der Waals surface area contributed by atoms with Crippen LogP contribution < -0.4 is 10.0 Å². The molecule has 1 aliphatic heterocycles. The number of hydrogen-bond donors (Lipinski definition) is 2. The van der Waals surface area contributed by atoms with Crippen molar-refractivity contribution in [3.05, 3.63) is 23.8 Å². The first-order valence-electron chi connectivity index (χ1n) is 9.50. The first-order chi connectivity index (χ1) is 12.5. The molecule has 1 fully saturated rings. The zero-order chi connectivity index (χ0) is 18.6. The van der Waals surface area contributed by atoms with Crippen LogP contribution in [-0.2, 0) is 26.0 Å². The van der Waals surface area contributed by atoms with Crippen molar-refractivity contribution in [1.82, 2.24) is 4.72 Å². The maximum atomic E-state index is 12.5. The molecule has 0 saturated heterocycles. The molecule has 1 aromatic rings. The van der Waals surface area contributed by atoms with Crippen molar-refractivity contribution in [2.75, 3.05) is 18.5 Å². The van der Waals surface area contributed by atoms with Gasteiger partial charge in [0.25, 0.3) is 0 Å². The van der Waals surface area contributed by atoms with Gasteiger partial charge in [0.1, 0.15) is 0 Å². The van der Waals surface area contributed by atoms with Gasteiger partial charge >= 0.3 is 0 Å². The van der Waals surface area contributed by atoms with E-state index in [1.54, 1.807) is 12.1 Å². The molecule has 1 saturated carbocycles. The third-order valence-electron chi connectivity index (χ3n) is 5.27. The average Bonchev–Trinajstić information content (AvgIpc) is 2.80. The number of sulfonamides is 1. The first-order valence-corrected chi connectivity index (χ1v) is 11.0. The molecule has 2 atom stereocenters. The molecule has 7 heteroatoms. The molecule has 1 aliphatic carbocycles. The summed E-state index contributed by atoms with van der Waals surface area (Å²) in [5.41, 5.74) is 1.58. The van der Waals surface area contributed by atoms with Crippen LogP contribution in [0, 0.1) is 5.92 Å². The Morgan fingerprint density at radius 2 is 2.00 bits per heavy atom.